The molecule has 1 saturated heterocycles. The predicted molar refractivity (Wildman–Crippen MR) is 77.9 cm³/mol. The Morgan fingerprint density at radius 3 is 2.71 bits per heavy atom. The van der Waals surface area contributed by atoms with Gasteiger partial charge in [-0.15, -0.1) is 0 Å². The molecule has 1 aliphatic rings. The molecule has 6 nitrogen and oxygen atoms in total. The lowest BCUT2D eigenvalue weighted by Crippen LogP contribution is -2.47. The lowest BCUT2D eigenvalue weighted by Gasteiger charge is -2.25. The Balaban J connectivity index is 1.94. The number of aromatic nitrogens is 1. The zero-order valence-electron chi connectivity index (χ0n) is 13.0. The zero-order chi connectivity index (χ0) is 17.7. The summed E-state index contributed by atoms with van der Waals surface area (Å²) < 4.78 is 40.6. The molecule has 24 heavy (non-hydrogen) atoms. The van der Waals surface area contributed by atoms with Crippen molar-refractivity contribution in [1.29, 1.82) is 0 Å². The molecule has 0 radical (unpaired) electrons. The molecule has 0 bridgehead atoms. The molecule has 0 unspecified atom stereocenters. The SMILES string of the molecule is C[C@@H](NC(=O)[C@H]1CCCN1C(=O)OCC(F)(F)F)c1ccncc1. The summed E-state index contributed by atoms with van der Waals surface area (Å²) in [6.07, 6.45) is -1.62. The molecule has 0 saturated carbocycles. The van der Waals surface area contributed by atoms with Crippen LogP contribution in [0.2, 0.25) is 0 Å². The van der Waals surface area contributed by atoms with Crippen LogP contribution < -0.4 is 5.32 Å². The zero-order valence-corrected chi connectivity index (χ0v) is 13.0. The Hall–Kier alpha value is -2.32. The number of rotatable bonds is 4. The van der Waals surface area contributed by atoms with Gasteiger partial charge in [-0.05, 0) is 37.5 Å². The summed E-state index contributed by atoms with van der Waals surface area (Å²) in [7, 11) is 0. The summed E-state index contributed by atoms with van der Waals surface area (Å²) in [6.45, 7) is 0.303. The molecule has 1 fully saturated rings. The minimum absolute atomic E-state index is 0.193. The van der Waals surface area contributed by atoms with Crippen LogP contribution in [-0.2, 0) is 9.53 Å². The number of likely N-dealkylation sites (tertiary alicyclic amines) is 1. The van der Waals surface area contributed by atoms with Gasteiger partial charge >= 0.3 is 12.3 Å². The number of hydrogen-bond donors (Lipinski definition) is 1. The Morgan fingerprint density at radius 2 is 2.08 bits per heavy atom. The predicted octanol–water partition coefficient (Wildman–Crippen LogP) is 2.42. The highest BCUT2D eigenvalue weighted by Gasteiger charge is 2.37. The van der Waals surface area contributed by atoms with Crippen LogP contribution in [0.1, 0.15) is 31.4 Å². The summed E-state index contributed by atoms with van der Waals surface area (Å²) in [5, 5.41) is 2.76. The second-order valence-corrected chi connectivity index (χ2v) is 5.53. The minimum Gasteiger partial charge on any atom is -0.440 e. The average Bonchev–Trinajstić information content (AvgIpc) is 3.02. The van der Waals surface area contributed by atoms with Crippen LogP contribution in [0, 0.1) is 0 Å². The van der Waals surface area contributed by atoms with Gasteiger partial charge in [0.05, 0.1) is 6.04 Å². The summed E-state index contributed by atoms with van der Waals surface area (Å²) in [5.41, 5.74) is 0.836. The van der Waals surface area contributed by atoms with Gasteiger partial charge in [0.25, 0.3) is 0 Å². The Kier molecular flexibility index (Phi) is 5.63. The number of ether oxygens (including phenoxy) is 1. The van der Waals surface area contributed by atoms with E-state index in [0.29, 0.717) is 12.8 Å². The number of amides is 2. The maximum Gasteiger partial charge on any atom is 0.422 e. The first kappa shape index (κ1) is 18.0. The standard InChI is InChI=1S/C15H18F3N3O3/c1-10(11-4-6-19-7-5-11)20-13(22)12-3-2-8-21(12)14(23)24-9-15(16,17)18/h4-7,10,12H,2-3,8-9H2,1H3,(H,20,22)/t10-,12-/m1/s1. The van der Waals surface area contributed by atoms with E-state index in [1.165, 1.54) is 0 Å². The van der Waals surface area contributed by atoms with Crippen molar-refractivity contribution >= 4 is 12.0 Å². The fraction of sp³-hybridized carbons (Fsp3) is 0.533. The molecule has 0 aromatic carbocycles. The van der Waals surface area contributed by atoms with Crippen molar-refractivity contribution in [3.8, 4) is 0 Å². The van der Waals surface area contributed by atoms with E-state index < -0.39 is 30.8 Å². The molecule has 1 aromatic heterocycles. The molecule has 0 aliphatic carbocycles. The highest BCUT2D eigenvalue weighted by molar-refractivity contribution is 5.86. The largest absolute Gasteiger partial charge is 0.440 e. The normalized spacial score (nSPS) is 19.0. The van der Waals surface area contributed by atoms with Crippen LogP contribution in [0.25, 0.3) is 0 Å². The number of hydrogen-bond acceptors (Lipinski definition) is 4. The average molecular weight is 345 g/mol. The smallest absolute Gasteiger partial charge is 0.422 e. The molecule has 2 rings (SSSR count). The topological polar surface area (TPSA) is 71.5 Å². The van der Waals surface area contributed by atoms with Gasteiger partial charge in [0.2, 0.25) is 5.91 Å². The van der Waals surface area contributed by atoms with Crippen molar-refractivity contribution in [3.05, 3.63) is 30.1 Å². The van der Waals surface area contributed by atoms with Crippen molar-refractivity contribution in [3.63, 3.8) is 0 Å². The molecule has 2 amide bonds. The molecule has 9 heteroatoms. The van der Waals surface area contributed by atoms with Crippen molar-refractivity contribution in [2.45, 2.75) is 38.0 Å². The third-order valence-corrected chi connectivity index (χ3v) is 3.71. The monoisotopic (exact) mass is 345 g/mol. The number of nitrogens with zero attached hydrogens (tertiary/aromatic N) is 2. The van der Waals surface area contributed by atoms with Crippen LogP contribution >= 0.6 is 0 Å². The first-order chi connectivity index (χ1) is 11.3. The lowest BCUT2D eigenvalue weighted by molar-refractivity contribution is -0.162. The Morgan fingerprint density at radius 1 is 1.42 bits per heavy atom. The van der Waals surface area contributed by atoms with E-state index in [9.17, 15) is 22.8 Å². The number of carbonyl (C=O) groups is 2. The number of nitrogens with one attached hydrogen (secondary N) is 1. The van der Waals surface area contributed by atoms with Gasteiger partial charge in [-0.25, -0.2) is 4.79 Å². The molecule has 1 N–H and O–H groups in total. The van der Waals surface area contributed by atoms with Gasteiger partial charge in [-0.3, -0.25) is 14.7 Å². The van der Waals surface area contributed by atoms with Crippen LogP contribution in [-0.4, -0.2) is 47.3 Å². The van der Waals surface area contributed by atoms with E-state index in [-0.39, 0.29) is 12.6 Å². The maximum atomic E-state index is 12.3. The molecule has 2 heterocycles. The van der Waals surface area contributed by atoms with E-state index in [2.05, 4.69) is 15.0 Å². The van der Waals surface area contributed by atoms with Gasteiger partial charge in [-0.2, -0.15) is 13.2 Å². The molecule has 2 atom stereocenters. The molecule has 132 valence electrons. The number of halogens is 3. The van der Waals surface area contributed by atoms with Crippen LogP contribution in [0.3, 0.4) is 0 Å². The van der Waals surface area contributed by atoms with Gasteiger partial charge in [0.15, 0.2) is 6.61 Å². The van der Waals surface area contributed by atoms with E-state index in [0.717, 1.165) is 10.5 Å². The lowest BCUT2D eigenvalue weighted by atomic mass is 10.1. The summed E-state index contributed by atoms with van der Waals surface area (Å²) >= 11 is 0. The molecule has 1 aromatic rings. The van der Waals surface area contributed by atoms with Gasteiger partial charge in [-0.1, -0.05) is 0 Å². The Labute approximate surface area is 137 Å². The third kappa shape index (κ3) is 4.84. The fourth-order valence-corrected chi connectivity index (χ4v) is 2.53. The van der Waals surface area contributed by atoms with E-state index in [1.54, 1.807) is 31.5 Å². The summed E-state index contributed by atoms with van der Waals surface area (Å²) in [5.74, 6) is -0.416. The van der Waals surface area contributed by atoms with Crippen LogP contribution in [0.15, 0.2) is 24.5 Å². The van der Waals surface area contributed by atoms with Crippen LogP contribution in [0.5, 0.6) is 0 Å². The minimum atomic E-state index is -4.59. The van der Waals surface area contributed by atoms with Crippen molar-refractivity contribution in [2.24, 2.45) is 0 Å². The van der Waals surface area contributed by atoms with Crippen molar-refractivity contribution in [1.82, 2.24) is 15.2 Å². The fourth-order valence-electron chi connectivity index (χ4n) is 2.53. The number of alkyl halides is 3. The summed E-state index contributed by atoms with van der Waals surface area (Å²) in [4.78, 5) is 29.1. The number of pyridine rings is 1. The van der Waals surface area contributed by atoms with Crippen molar-refractivity contribution in [2.75, 3.05) is 13.2 Å². The quantitative estimate of drug-likeness (QED) is 0.910. The molecule has 0 spiro atoms. The molecule has 1 aliphatic heterocycles. The number of carbonyl (C=O) groups excluding carboxylic acids is 2. The highest BCUT2D eigenvalue weighted by Crippen LogP contribution is 2.22. The van der Waals surface area contributed by atoms with E-state index in [1.807, 2.05) is 0 Å². The van der Waals surface area contributed by atoms with E-state index >= 15 is 0 Å². The van der Waals surface area contributed by atoms with Crippen LogP contribution in [0.4, 0.5) is 18.0 Å². The first-order valence-corrected chi connectivity index (χ1v) is 7.48. The highest BCUT2D eigenvalue weighted by atomic mass is 19.4. The maximum absolute atomic E-state index is 12.3. The Bertz CT molecular complexity index is 580. The van der Waals surface area contributed by atoms with E-state index in [4.69, 9.17) is 0 Å². The second kappa shape index (κ2) is 7.50. The molecular weight excluding hydrogens is 327 g/mol. The third-order valence-electron chi connectivity index (χ3n) is 3.71. The molecular formula is C15H18F3N3O3. The summed E-state index contributed by atoms with van der Waals surface area (Å²) in [6, 6.07) is 2.35. The van der Waals surface area contributed by atoms with Gasteiger partial charge < -0.3 is 10.1 Å². The second-order valence-electron chi connectivity index (χ2n) is 5.53. The first-order valence-electron chi connectivity index (χ1n) is 7.48. The van der Waals surface area contributed by atoms with Gasteiger partial charge in [0, 0.05) is 18.9 Å². The van der Waals surface area contributed by atoms with Crippen molar-refractivity contribution < 1.29 is 27.5 Å². The van der Waals surface area contributed by atoms with Gasteiger partial charge in [0.1, 0.15) is 6.04 Å².